The van der Waals surface area contributed by atoms with Crippen LogP contribution in [0.15, 0.2) is 44.4 Å². The Balaban J connectivity index is 2.00. The quantitative estimate of drug-likeness (QED) is 0.474. The van der Waals surface area contributed by atoms with E-state index in [1.807, 2.05) is 38.1 Å². The number of benzene rings is 2. The Hall–Kier alpha value is -1.85. The van der Waals surface area contributed by atoms with Crippen molar-refractivity contribution in [2.24, 2.45) is 0 Å². The molecule has 3 rings (SSSR count). The van der Waals surface area contributed by atoms with E-state index in [1.54, 1.807) is 12.2 Å². The lowest BCUT2D eigenvalue weighted by molar-refractivity contribution is -0.112. The highest BCUT2D eigenvalue weighted by Crippen LogP contribution is 2.36. The van der Waals surface area contributed by atoms with Gasteiger partial charge in [0.2, 0.25) is 0 Å². The van der Waals surface area contributed by atoms with Crippen LogP contribution in [0.4, 0.5) is 0 Å². The molecule has 0 heterocycles. The van der Waals surface area contributed by atoms with Gasteiger partial charge in [0.1, 0.15) is 11.5 Å². The molecule has 0 saturated heterocycles. The Morgan fingerprint density at radius 3 is 1.63 bits per heavy atom. The van der Waals surface area contributed by atoms with Crippen LogP contribution in [0.1, 0.15) is 41.5 Å². The summed E-state index contributed by atoms with van der Waals surface area (Å²) in [5.74, 6) is 0.241. The Kier molecular flexibility index (Phi) is 5.92. The second kappa shape index (κ2) is 8.03. The van der Waals surface area contributed by atoms with Crippen LogP contribution in [-0.2, 0) is 4.79 Å². The van der Waals surface area contributed by atoms with Crippen LogP contribution < -0.4 is 0 Å². The number of ketones is 1. The fourth-order valence-corrected chi connectivity index (χ4v) is 4.48. The molecule has 27 heavy (non-hydrogen) atoms. The molecule has 1 fully saturated rings. The van der Waals surface area contributed by atoms with E-state index in [9.17, 15) is 15.0 Å². The van der Waals surface area contributed by atoms with Gasteiger partial charge in [-0.15, -0.1) is 0 Å². The number of phenols is 2. The molecular weight excluding hydrogens is 472 g/mol. The van der Waals surface area contributed by atoms with Gasteiger partial charge in [-0.2, -0.15) is 0 Å². The summed E-state index contributed by atoms with van der Waals surface area (Å²) >= 11 is 6.69. The average molecular weight is 492 g/mol. The molecule has 0 unspecified atom stereocenters. The summed E-state index contributed by atoms with van der Waals surface area (Å²) in [7, 11) is 0. The molecule has 0 spiro atoms. The Morgan fingerprint density at radius 2 is 1.22 bits per heavy atom. The summed E-state index contributed by atoms with van der Waals surface area (Å²) in [6, 6.07) is 7.40. The number of aryl methyl sites for hydroxylation is 2. The predicted molar refractivity (Wildman–Crippen MR) is 116 cm³/mol. The number of phenolic OH excluding ortho intramolecular Hbond substituents is 2. The van der Waals surface area contributed by atoms with Crippen LogP contribution in [0.2, 0.25) is 0 Å². The minimum Gasteiger partial charge on any atom is -0.506 e. The fraction of sp³-hybridized carbons (Fsp3) is 0.227. The van der Waals surface area contributed by atoms with Crippen molar-refractivity contribution in [3.63, 3.8) is 0 Å². The van der Waals surface area contributed by atoms with Crippen LogP contribution in [0.25, 0.3) is 12.2 Å². The third kappa shape index (κ3) is 4.36. The molecule has 0 amide bonds. The van der Waals surface area contributed by atoms with E-state index in [0.717, 1.165) is 17.5 Å². The highest BCUT2D eigenvalue weighted by molar-refractivity contribution is 9.10. The molecule has 0 bridgehead atoms. The van der Waals surface area contributed by atoms with Crippen molar-refractivity contribution in [2.75, 3.05) is 0 Å². The highest BCUT2D eigenvalue weighted by Gasteiger charge is 2.22. The van der Waals surface area contributed by atoms with Gasteiger partial charge in [0.25, 0.3) is 0 Å². The Morgan fingerprint density at radius 1 is 0.815 bits per heavy atom. The van der Waals surface area contributed by atoms with E-state index in [0.29, 0.717) is 44.1 Å². The van der Waals surface area contributed by atoms with Crippen molar-refractivity contribution >= 4 is 49.8 Å². The van der Waals surface area contributed by atoms with E-state index in [-0.39, 0.29) is 17.3 Å². The number of halogens is 2. The molecule has 2 N–H and O–H groups in total. The first-order chi connectivity index (χ1) is 12.8. The number of rotatable bonds is 2. The van der Waals surface area contributed by atoms with E-state index < -0.39 is 0 Å². The third-order valence-corrected chi connectivity index (χ3v) is 5.82. The number of Topliss-reactive ketones (excluding diaryl/α,β-unsaturated/α-hetero) is 1. The van der Waals surface area contributed by atoms with Crippen molar-refractivity contribution in [3.8, 4) is 11.5 Å². The first kappa shape index (κ1) is 19.9. The molecule has 1 saturated carbocycles. The molecule has 1 aliphatic rings. The summed E-state index contributed by atoms with van der Waals surface area (Å²) in [6.07, 6.45) is 5.74. The van der Waals surface area contributed by atoms with Crippen molar-refractivity contribution < 1.29 is 15.0 Å². The molecule has 0 radical (unpaired) electrons. The minimum atomic E-state index is -0.0321. The number of carbonyl (C=O) groups excluding carboxylic acids is 1. The van der Waals surface area contributed by atoms with E-state index in [1.165, 1.54) is 0 Å². The standard InChI is InChI=1S/C22H20Br2O3/c1-12-6-16(21(26)18(23)8-12)10-14-4-3-5-15(20(14)25)11-17-7-13(2)9-19(24)22(17)27/h6-11,26-27H,3-5H2,1-2H3/b14-10+,15-11+. The smallest absolute Gasteiger partial charge is 0.185 e. The number of allylic oxidation sites excluding steroid dienone is 2. The highest BCUT2D eigenvalue weighted by atomic mass is 79.9. The van der Waals surface area contributed by atoms with Gasteiger partial charge in [-0.05, 0) is 113 Å². The third-order valence-electron chi connectivity index (χ3n) is 4.61. The number of hydrogen-bond acceptors (Lipinski definition) is 3. The van der Waals surface area contributed by atoms with Crippen molar-refractivity contribution in [1.82, 2.24) is 0 Å². The largest absolute Gasteiger partial charge is 0.506 e. The van der Waals surface area contributed by atoms with Gasteiger partial charge in [0, 0.05) is 22.3 Å². The molecule has 1 aliphatic carbocycles. The normalized spacial score (nSPS) is 17.7. The molecule has 5 heteroatoms. The maximum Gasteiger partial charge on any atom is 0.185 e. The zero-order valence-electron chi connectivity index (χ0n) is 15.1. The van der Waals surface area contributed by atoms with Crippen molar-refractivity contribution in [3.05, 3.63) is 66.6 Å². The number of carbonyl (C=O) groups is 1. The summed E-state index contributed by atoms with van der Waals surface area (Å²) < 4.78 is 1.23. The summed E-state index contributed by atoms with van der Waals surface area (Å²) in [5.41, 5.74) is 4.61. The molecule has 2 aromatic rings. The van der Waals surface area contributed by atoms with Crippen molar-refractivity contribution in [1.29, 1.82) is 0 Å². The zero-order chi connectivity index (χ0) is 19.7. The van der Waals surface area contributed by atoms with Gasteiger partial charge in [0.05, 0.1) is 8.95 Å². The first-order valence-corrected chi connectivity index (χ1v) is 10.3. The van der Waals surface area contributed by atoms with Crippen LogP contribution in [0.5, 0.6) is 11.5 Å². The van der Waals surface area contributed by atoms with Crippen LogP contribution >= 0.6 is 31.9 Å². The maximum atomic E-state index is 13.0. The van der Waals surface area contributed by atoms with E-state index in [4.69, 9.17) is 0 Å². The number of hydrogen-bond donors (Lipinski definition) is 2. The van der Waals surface area contributed by atoms with Gasteiger partial charge in [0.15, 0.2) is 5.78 Å². The molecule has 0 atom stereocenters. The summed E-state index contributed by atoms with van der Waals surface area (Å²) in [5, 5.41) is 20.6. The zero-order valence-corrected chi connectivity index (χ0v) is 18.3. The van der Waals surface area contributed by atoms with E-state index in [2.05, 4.69) is 31.9 Å². The second-order valence-electron chi connectivity index (χ2n) is 6.89. The molecule has 2 aromatic carbocycles. The molecule has 0 aromatic heterocycles. The van der Waals surface area contributed by atoms with Crippen LogP contribution in [0.3, 0.4) is 0 Å². The minimum absolute atomic E-state index is 0.0321. The first-order valence-electron chi connectivity index (χ1n) is 8.70. The van der Waals surface area contributed by atoms with Gasteiger partial charge in [-0.25, -0.2) is 0 Å². The van der Waals surface area contributed by atoms with Gasteiger partial charge < -0.3 is 10.2 Å². The Labute approximate surface area is 175 Å². The fourth-order valence-electron chi connectivity index (χ4n) is 3.30. The van der Waals surface area contributed by atoms with Crippen LogP contribution in [0, 0.1) is 13.8 Å². The molecule has 0 aliphatic heterocycles. The van der Waals surface area contributed by atoms with Gasteiger partial charge in [-0.3, -0.25) is 4.79 Å². The van der Waals surface area contributed by atoms with Gasteiger partial charge in [-0.1, -0.05) is 0 Å². The van der Waals surface area contributed by atoms with Gasteiger partial charge >= 0.3 is 0 Å². The van der Waals surface area contributed by atoms with Crippen LogP contribution in [-0.4, -0.2) is 16.0 Å². The molecule has 140 valence electrons. The average Bonchev–Trinajstić information content (AvgIpc) is 2.60. The molecule has 3 nitrogen and oxygen atoms in total. The topological polar surface area (TPSA) is 57.5 Å². The maximum absolute atomic E-state index is 13.0. The molecular formula is C22H20Br2O3. The monoisotopic (exact) mass is 490 g/mol. The number of aromatic hydroxyl groups is 2. The lowest BCUT2D eigenvalue weighted by Crippen LogP contribution is -2.12. The summed E-state index contributed by atoms with van der Waals surface area (Å²) in [6.45, 7) is 3.89. The van der Waals surface area contributed by atoms with Crippen molar-refractivity contribution in [2.45, 2.75) is 33.1 Å². The lowest BCUT2D eigenvalue weighted by Gasteiger charge is -2.17. The second-order valence-corrected chi connectivity index (χ2v) is 8.60. The summed E-state index contributed by atoms with van der Waals surface area (Å²) in [4.78, 5) is 13.0. The Bertz CT molecular complexity index is 910. The predicted octanol–water partition coefficient (Wildman–Crippen LogP) is 6.46. The SMILES string of the molecule is Cc1cc(Br)c(O)c(/C=C2\CCC/C(=C\c3cc(C)cc(Br)c3O)C2=O)c1. The lowest BCUT2D eigenvalue weighted by atomic mass is 9.86. The van der Waals surface area contributed by atoms with E-state index >= 15 is 0 Å².